The Balaban J connectivity index is 1.69. The zero-order valence-electron chi connectivity index (χ0n) is 13.6. The molecule has 2 aromatic rings. The molecule has 1 saturated heterocycles. The first-order valence-corrected chi connectivity index (χ1v) is 8.97. The number of hydrogen-bond donors (Lipinski definition) is 2. The van der Waals surface area contributed by atoms with E-state index in [0.717, 1.165) is 23.0 Å². The number of piperidine rings is 1. The quantitative estimate of drug-likeness (QED) is 0.822. The van der Waals surface area contributed by atoms with Gasteiger partial charge < -0.3 is 15.3 Å². The van der Waals surface area contributed by atoms with Gasteiger partial charge in [0, 0.05) is 23.2 Å². The number of phenols is 1. The highest BCUT2D eigenvalue weighted by atomic mass is 79.9. The Kier molecular flexibility index (Phi) is 5.38. The maximum Gasteiger partial charge on any atom is 0.257 e. The third kappa shape index (κ3) is 4.20. The van der Waals surface area contributed by atoms with E-state index in [4.69, 9.17) is 0 Å². The smallest absolute Gasteiger partial charge is 0.257 e. The number of anilines is 1. The fourth-order valence-electron chi connectivity index (χ4n) is 2.99. The molecule has 2 aromatic carbocycles. The number of halogens is 1. The molecule has 2 N–H and O–H groups in total. The van der Waals surface area contributed by atoms with Gasteiger partial charge in [-0.2, -0.15) is 0 Å². The van der Waals surface area contributed by atoms with E-state index in [0.29, 0.717) is 13.1 Å². The van der Waals surface area contributed by atoms with Gasteiger partial charge in [-0.05, 0) is 43.2 Å². The predicted octanol–water partition coefficient (Wildman–Crippen LogP) is 3.65. The summed E-state index contributed by atoms with van der Waals surface area (Å²) >= 11 is 3.31. The van der Waals surface area contributed by atoms with Crippen molar-refractivity contribution >= 4 is 33.4 Å². The zero-order chi connectivity index (χ0) is 17.8. The number of carbonyl (C=O) groups is 2. The first-order chi connectivity index (χ1) is 12.0. The van der Waals surface area contributed by atoms with Crippen LogP contribution in [0.15, 0.2) is 53.0 Å². The molecule has 1 aliphatic rings. The minimum Gasteiger partial charge on any atom is -0.507 e. The lowest BCUT2D eigenvalue weighted by Gasteiger charge is -2.32. The molecule has 1 fully saturated rings. The van der Waals surface area contributed by atoms with Crippen LogP contribution in [0.5, 0.6) is 5.75 Å². The summed E-state index contributed by atoms with van der Waals surface area (Å²) in [4.78, 5) is 26.8. The van der Waals surface area contributed by atoms with Crippen LogP contribution < -0.4 is 5.32 Å². The lowest BCUT2D eigenvalue weighted by Crippen LogP contribution is -2.43. The van der Waals surface area contributed by atoms with Crippen LogP contribution in [-0.4, -0.2) is 34.9 Å². The monoisotopic (exact) mass is 402 g/mol. The van der Waals surface area contributed by atoms with Gasteiger partial charge in [0.25, 0.3) is 5.91 Å². The van der Waals surface area contributed by atoms with E-state index in [-0.39, 0.29) is 29.0 Å². The molecule has 2 amide bonds. The lowest BCUT2D eigenvalue weighted by molar-refractivity contribution is -0.121. The molecule has 3 rings (SSSR count). The maximum absolute atomic E-state index is 12.7. The number of nitrogens with zero attached hydrogens (tertiary/aromatic N) is 1. The summed E-state index contributed by atoms with van der Waals surface area (Å²) in [5.74, 6) is -0.644. The van der Waals surface area contributed by atoms with Gasteiger partial charge in [-0.15, -0.1) is 0 Å². The molecule has 130 valence electrons. The van der Waals surface area contributed by atoms with Crippen molar-refractivity contribution in [2.45, 2.75) is 12.8 Å². The summed E-state index contributed by atoms with van der Waals surface area (Å²) in [5, 5.41) is 12.9. The SMILES string of the molecule is O=C(Nc1ccccc1)[C@H]1CCCN(C(=O)c2cc(Br)ccc2O)C1. The Hall–Kier alpha value is -2.34. The molecule has 0 bridgehead atoms. The fourth-order valence-corrected chi connectivity index (χ4v) is 3.35. The second-order valence-corrected chi connectivity index (χ2v) is 7.02. The minimum absolute atomic E-state index is 0.0518. The van der Waals surface area contributed by atoms with Gasteiger partial charge in [0.05, 0.1) is 11.5 Å². The summed E-state index contributed by atoms with van der Waals surface area (Å²) in [5.41, 5.74) is 0.999. The van der Waals surface area contributed by atoms with Crippen molar-refractivity contribution in [2.75, 3.05) is 18.4 Å². The minimum atomic E-state index is -0.257. The standard InChI is InChI=1S/C19H19BrN2O3/c20-14-8-9-17(23)16(11-14)19(25)22-10-4-5-13(12-22)18(24)21-15-6-2-1-3-7-15/h1-3,6-9,11,13,23H,4-5,10,12H2,(H,21,24)/t13-/m0/s1. The predicted molar refractivity (Wildman–Crippen MR) is 99.5 cm³/mol. The van der Waals surface area contributed by atoms with Crippen molar-refractivity contribution in [1.82, 2.24) is 4.90 Å². The number of nitrogens with one attached hydrogen (secondary N) is 1. The zero-order valence-corrected chi connectivity index (χ0v) is 15.2. The Morgan fingerprint density at radius 1 is 1.16 bits per heavy atom. The van der Waals surface area contributed by atoms with Crippen LogP contribution >= 0.6 is 15.9 Å². The highest BCUT2D eigenvalue weighted by Gasteiger charge is 2.30. The van der Waals surface area contributed by atoms with E-state index < -0.39 is 0 Å². The number of amides is 2. The maximum atomic E-state index is 12.7. The van der Waals surface area contributed by atoms with E-state index in [9.17, 15) is 14.7 Å². The lowest BCUT2D eigenvalue weighted by atomic mass is 9.96. The normalized spacial score (nSPS) is 17.2. The average Bonchev–Trinajstić information content (AvgIpc) is 2.64. The van der Waals surface area contributed by atoms with Gasteiger partial charge in [0.15, 0.2) is 0 Å². The molecular formula is C19H19BrN2O3. The third-order valence-electron chi connectivity index (χ3n) is 4.31. The van der Waals surface area contributed by atoms with Gasteiger partial charge in [0.2, 0.25) is 5.91 Å². The van der Waals surface area contributed by atoms with E-state index in [1.54, 1.807) is 17.0 Å². The molecule has 0 spiro atoms. The van der Waals surface area contributed by atoms with Crippen LogP contribution in [0.2, 0.25) is 0 Å². The third-order valence-corrected chi connectivity index (χ3v) is 4.80. The molecule has 1 aliphatic heterocycles. The number of carbonyl (C=O) groups excluding carboxylic acids is 2. The van der Waals surface area contributed by atoms with Crippen LogP contribution in [0, 0.1) is 5.92 Å². The summed E-state index contributed by atoms with van der Waals surface area (Å²) in [6.07, 6.45) is 1.50. The molecule has 1 heterocycles. The molecule has 1 atom stereocenters. The fraction of sp³-hybridized carbons (Fsp3) is 0.263. The Bertz CT molecular complexity index is 779. The van der Waals surface area contributed by atoms with Gasteiger partial charge in [-0.3, -0.25) is 9.59 Å². The van der Waals surface area contributed by atoms with Crippen LogP contribution in [0.3, 0.4) is 0 Å². The van der Waals surface area contributed by atoms with Crippen molar-refractivity contribution in [2.24, 2.45) is 5.92 Å². The Morgan fingerprint density at radius 3 is 2.68 bits per heavy atom. The highest BCUT2D eigenvalue weighted by molar-refractivity contribution is 9.10. The second kappa shape index (κ2) is 7.70. The number of aromatic hydroxyl groups is 1. The van der Waals surface area contributed by atoms with E-state index >= 15 is 0 Å². The van der Waals surface area contributed by atoms with Crippen molar-refractivity contribution < 1.29 is 14.7 Å². The molecule has 0 unspecified atom stereocenters. The molecule has 0 aromatic heterocycles. The molecule has 5 nitrogen and oxygen atoms in total. The van der Waals surface area contributed by atoms with E-state index in [1.165, 1.54) is 6.07 Å². The number of hydrogen-bond acceptors (Lipinski definition) is 3. The van der Waals surface area contributed by atoms with Gasteiger partial charge in [-0.25, -0.2) is 0 Å². The van der Waals surface area contributed by atoms with Crippen molar-refractivity contribution in [3.05, 3.63) is 58.6 Å². The number of benzene rings is 2. The first-order valence-electron chi connectivity index (χ1n) is 8.18. The largest absolute Gasteiger partial charge is 0.507 e. The number of phenolic OH excluding ortho intramolecular Hbond substituents is 1. The molecule has 0 aliphatic carbocycles. The number of para-hydroxylation sites is 1. The van der Waals surface area contributed by atoms with Crippen LogP contribution in [0.4, 0.5) is 5.69 Å². The Labute approximate surface area is 154 Å². The molecule has 25 heavy (non-hydrogen) atoms. The van der Waals surface area contributed by atoms with E-state index in [2.05, 4.69) is 21.2 Å². The van der Waals surface area contributed by atoms with Crippen molar-refractivity contribution in [3.63, 3.8) is 0 Å². The topological polar surface area (TPSA) is 69.6 Å². The number of rotatable bonds is 3. The summed E-state index contributed by atoms with van der Waals surface area (Å²) in [6, 6.07) is 14.1. The highest BCUT2D eigenvalue weighted by Crippen LogP contribution is 2.26. The summed E-state index contributed by atoms with van der Waals surface area (Å²) in [7, 11) is 0. The summed E-state index contributed by atoms with van der Waals surface area (Å²) in [6.45, 7) is 0.934. The van der Waals surface area contributed by atoms with Gasteiger partial charge >= 0.3 is 0 Å². The van der Waals surface area contributed by atoms with Crippen LogP contribution in [-0.2, 0) is 4.79 Å². The second-order valence-electron chi connectivity index (χ2n) is 6.11. The van der Waals surface area contributed by atoms with Crippen LogP contribution in [0.1, 0.15) is 23.2 Å². The number of likely N-dealkylation sites (tertiary alicyclic amines) is 1. The van der Waals surface area contributed by atoms with Crippen molar-refractivity contribution in [1.29, 1.82) is 0 Å². The first kappa shape index (κ1) is 17.5. The Morgan fingerprint density at radius 2 is 1.92 bits per heavy atom. The molecule has 6 heteroatoms. The molecular weight excluding hydrogens is 384 g/mol. The molecule has 0 radical (unpaired) electrons. The van der Waals surface area contributed by atoms with Crippen LogP contribution in [0.25, 0.3) is 0 Å². The molecule has 0 saturated carbocycles. The van der Waals surface area contributed by atoms with Gasteiger partial charge in [-0.1, -0.05) is 34.1 Å². The van der Waals surface area contributed by atoms with E-state index in [1.807, 2.05) is 30.3 Å². The van der Waals surface area contributed by atoms with Gasteiger partial charge in [0.1, 0.15) is 5.75 Å². The summed E-state index contributed by atoms with van der Waals surface area (Å²) < 4.78 is 0.726. The average molecular weight is 403 g/mol. The van der Waals surface area contributed by atoms with Crippen molar-refractivity contribution in [3.8, 4) is 5.75 Å².